The summed E-state index contributed by atoms with van der Waals surface area (Å²) in [5.74, 6) is 1.76. The van der Waals surface area contributed by atoms with Crippen LogP contribution < -0.4 is 15.4 Å². The van der Waals surface area contributed by atoms with Gasteiger partial charge in [-0.1, -0.05) is 12.1 Å². The number of hydrogen-bond acceptors (Lipinski definition) is 6. The molecule has 128 valence electrons. The van der Waals surface area contributed by atoms with Crippen molar-refractivity contribution < 1.29 is 4.74 Å². The molecule has 3 aromatic rings. The molecule has 6 nitrogen and oxygen atoms in total. The Balaban J connectivity index is 1.83. The Morgan fingerprint density at radius 1 is 0.880 bits per heavy atom. The van der Waals surface area contributed by atoms with Crippen molar-refractivity contribution in [2.45, 2.75) is 20.8 Å². The minimum atomic E-state index is 0.432. The molecule has 0 aliphatic rings. The van der Waals surface area contributed by atoms with Crippen LogP contribution >= 0.6 is 0 Å². The molecule has 0 aliphatic heterocycles. The number of nitrogens with one attached hydrogen (secondary N) is 2. The van der Waals surface area contributed by atoms with E-state index in [0.29, 0.717) is 11.8 Å². The standard InChI is InChI=1S/C19H21N5O/c1-12-5-6-17(25-4)16(10-12)22-18-11-20-24-19(23-18)21-15-8-13(2)7-14(3)9-15/h5-11H,1-4H3,(H2,21,22,23,24). The van der Waals surface area contributed by atoms with Crippen LogP contribution in [-0.4, -0.2) is 22.3 Å². The maximum Gasteiger partial charge on any atom is 0.249 e. The SMILES string of the molecule is COc1ccc(C)cc1Nc1cnnc(Nc2cc(C)cc(C)c2)n1. The fourth-order valence-corrected chi connectivity index (χ4v) is 2.65. The number of aryl methyl sites for hydroxylation is 3. The number of ether oxygens (including phenoxy) is 1. The molecule has 0 atom stereocenters. The number of aromatic nitrogens is 3. The van der Waals surface area contributed by atoms with Crippen molar-refractivity contribution in [1.29, 1.82) is 0 Å². The molecule has 0 unspecified atom stereocenters. The monoisotopic (exact) mass is 335 g/mol. The Bertz CT molecular complexity index is 874. The average molecular weight is 335 g/mol. The van der Waals surface area contributed by atoms with Crippen LogP contribution in [0, 0.1) is 20.8 Å². The fourth-order valence-electron chi connectivity index (χ4n) is 2.65. The van der Waals surface area contributed by atoms with Crippen molar-refractivity contribution in [3.63, 3.8) is 0 Å². The number of nitrogens with zero attached hydrogens (tertiary/aromatic N) is 3. The summed E-state index contributed by atoms with van der Waals surface area (Å²) in [7, 11) is 1.64. The summed E-state index contributed by atoms with van der Waals surface area (Å²) >= 11 is 0. The molecule has 3 rings (SSSR count). The third-order valence-corrected chi connectivity index (χ3v) is 3.65. The molecule has 0 bridgehead atoms. The number of anilines is 4. The zero-order valence-electron chi connectivity index (χ0n) is 14.8. The van der Waals surface area contributed by atoms with Crippen LogP contribution in [0.25, 0.3) is 0 Å². The summed E-state index contributed by atoms with van der Waals surface area (Å²) in [6.45, 7) is 6.13. The first-order chi connectivity index (χ1) is 12.0. The molecule has 0 fully saturated rings. The summed E-state index contributed by atoms with van der Waals surface area (Å²) in [4.78, 5) is 4.48. The molecule has 0 amide bonds. The van der Waals surface area contributed by atoms with Gasteiger partial charge in [0.1, 0.15) is 5.75 Å². The van der Waals surface area contributed by atoms with Crippen molar-refractivity contribution in [3.8, 4) is 5.75 Å². The van der Waals surface area contributed by atoms with Crippen molar-refractivity contribution in [2.75, 3.05) is 17.7 Å². The maximum absolute atomic E-state index is 5.38. The van der Waals surface area contributed by atoms with Crippen LogP contribution in [0.5, 0.6) is 5.75 Å². The number of methoxy groups -OCH3 is 1. The first-order valence-corrected chi connectivity index (χ1v) is 8.00. The number of rotatable bonds is 5. The van der Waals surface area contributed by atoms with E-state index in [0.717, 1.165) is 22.7 Å². The highest BCUT2D eigenvalue weighted by atomic mass is 16.5. The van der Waals surface area contributed by atoms with Crippen LogP contribution in [-0.2, 0) is 0 Å². The van der Waals surface area contributed by atoms with E-state index in [1.807, 2.05) is 37.3 Å². The quantitative estimate of drug-likeness (QED) is 0.724. The molecule has 2 N–H and O–H groups in total. The van der Waals surface area contributed by atoms with E-state index in [2.05, 4.69) is 45.7 Å². The summed E-state index contributed by atoms with van der Waals surface area (Å²) in [6.07, 6.45) is 1.58. The van der Waals surface area contributed by atoms with Crippen molar-refractivity contribution in [2.24, 2.45) is 0 Å². The van der Waals surface area contributed by atoms with Gasteiger partial charge in [-0.25, -0.2) is 0 Å². The smallest absolute Gasteiger partial charge is 0.249 e. The summed E-state index contributed by atoms with van der Waals surface area (Å²) in [5.41, 5.74) is 5.24. The third kappa shape index (κ3) is 4.23. The van der Waals surface area contributed by atoms with Gasteiger partial charge in [0.15, 0.2) is 5.82 Å². The predicted molar refractivity (Wildman–Crippen MR) is 100 cm³/mol. The molecular weight excluding hydrogens is 314 g/mol. The molecular formula is C19H21N5O. The minimum absolute atomic E-state index is 0.432. The van der Waals surface area contributed by atoms with Crippen molar-refractivity contribution >= 4 is 23.1 Å². The first kappa shape index (κ1) is 16.7. The lowest BCUT2D eigenvalue weighted by atomic mass is 10.1. The van der Waals surface area contributed by atoms with Gasteiger partial charge in [0.05, 0.1) is 19.0 Å². The van der Waals surface area contributed by atoms with Crippen LogP contribution in [0.3, 0.4) is 0 Å². The molecule has 0 saturated heterocycles. The Morgan fingerprint density at radius 2 is 1.64 bits per heavy atom. The van der Waals surface area contributed by atoms with Gasteiger partial charge in [0, 0.05) is 5.69 Å². The summed E-state index contributed by atoms with van der Waals surface area (Å²) in [5, 5.41) is 14.5. The van der Waals surface area contributed by atoms with Gasteiger partial charge in [-0.15, -0.1) is 5.10 Å². The molecule has 1 aromatic heterocycles. The topological polar surface area (TPSA) is 72.0 Å². The third-order valence-electron chi connectivity index (χ3n) is 3.65. The van der Waals surface area contributed by atoms with Crippen LogP contribution in [0.4, 0.5) is 23.1 Å². The van der Waals surface area contributed by atoms with Gasteiger partial charge in [0.25, 0.3) is 0 Å². The number of benzene rings is 2. The second kappa shape index (κ2) is 7.17. The Labute approximate surface area is 147 Å². The van der Waals surface area contributed by atoms with Crippen LogP contribution in [0.2, 0.25) is 0 Å². The highest BCUT2D eigenvalue weighted by Gasteiger charge is 2.07. The van der Waals surface area contributed by atoms with E-state index in [-0.39, 0.29) is 0 Å². The minimum Gasteiger partial charge on any atom is -0.495 e. The second-order valence-corrected chi connectivity index (χ2v) is 6.00. The Morgan fingerprint density at radius 3 is 2.36 bits per heavy atom. The largest absolute Gasteiger partial charge is 0.495 e. The lowest BCUT2D eigenvalue weighted by molar-refractivity contribution is 0.416. The highest BCUT2D eigenvalue weighted by molar-refractivity contribution is 5.65. The molecule has 6 heteroatoms. The van der Waals surface area contributed by atoms with Crippen LogP contribution in [0.1, 0.15) is 16.7 Å². The lowest BCUT2D eigenvalue weighted by Crippen LogP contribution is -2.03. The summed E-state index contributed by atoms with van der Waals surface area (Å²) < 4.78 is 5.38. The fraction of sp³-hybridized carbons (Fsp3) is 0.211. The first-order valence-electron chi connectivity index (χ1n) is 8.00. The van der Waals surface area contributed by atoms with Crippen molar-refractivity contribution in [1.82, 2.24) is 15.2 Å². The molecule has 2 aromatic carbocycles. The molecule has 0 aliphatic carbocycles. The molecule has 0 radical (unpaired) electrons. The predicted octanol–water partition coefficient (Wildman–Crippen LogP) is 4.29. The van der Waals surface area contributed by atoms with Crippen LogP contribution in [0.15, 0.2) is 42.6 Å². The normalized spacial score (nSPS) is 10.4. The Hall–Kier alpha value is -3.15. The van der Waals surface area contributed by atoms with E-state index in [4.69, 9.17) is 4.74 Å². The van der Waals surface area contributed by atoms with Gasteiger partial charge >= 0.3 is 0 Å². The second-order valence-electron chi connectivity index (χ2n) is 6.00. The van der Waals surface area contributed by atoms with Gasteiger partial charge < -0.3 is 15.4 Å². The maximum atomic E-state index is 5.38. The van der Waals surface area contributed by atoms with E-state index in [1.165, 1.54) is 11.1 Å². The lowest BCUT2D eigenvalue weighted by Gasteiger charge is -2.12. The zero-order valence-corrected chi connectivity index (χ0v) is 14.8. The van der Waals surface area contributed by atoms with Crippen molar-refractivity contribution in [3.05, 3.63) is 59.3 Å². The highest BCUT2D eigenvalue weighted by Crippen LogP contribution is 2.28. The van der Waals surface area contributed by atoms with E-state index in [9.17, 15) is 0 Å². The molecule has 1 heterocycles. The average Bonchev–Trinajstić information content (AvgIpc) is 2.54. The zero-order chi connectivity index (χ0) is 17.8. The van der Waals surface area contributed by atoms with E-state index >= 15 is 0 Å². The molecule has 25 heavy (non-hydrogen) atoms. The summed E-state index contributed by atoms with van der Waals surface area (Å²) in [6, 6.07) is 12.1. The number of hydrogen-bond donors (Lipinski definition) is 2. The van der Waals surface area contributed by atoms with Gasteiger partial charge in [0.2, 0.25) is 5.95 Å². The molecule has 0 saturated carbocycles. The van der Waals surface area contributed by atoms with E-state index in [1.54, 1.807) is 13.3 Å². The van der Waals surface area contributed by atoms with Gasteiger partial charge in [-0.2, -0.15) is 10.1 Å². The van der Waals surface area contributed by atoms with Gasteiger partial charge in [-0.05, 0) is 61.7 Å². The molecule has 0 spiro atoms. The van der Waals surface area contributed by atoms with Gasteiger partial charge in [-0.3, -0.25) is 0 Å². The van der Waals surface area contributed by atoms with E-state index < -0.39 is 0 Å². The Kier molecular flexibility index (Phi) is 4.79.